The summed E-state index contributed by atoms with van der Waals surface area (Å²) in [4.78, 5) is 36.2. The van der Waals surface area contributed by atoms with Gasteiger partial charge >= 0.3 is 0 Å². The van der Waals surface area contributed by atoms with Gasteiger partial charge in [0.1, 0.15) is 5.75 Å². The van der Waals surface area contributed by atoms with Gasteiger partial charge in [0.25, 0.3) is 11.8 Å². The quantitative estimate of drug-likeness (QED) is 0.447. The molecule has 5 rings (SSSR count). The Balaban J connectivity index is 0.000000207. The molecule has 2 aliphatic heterocycles. The van der Waals surface area contributed by atoms with Crippen LogP contribution in [0.4, 0.5) is 5.69 Å². The number of nitrogens with one attached hydrogen (secondary N) is 1. The lowest BCUT2D eigenvalue weighted by Gasteiger charge is -2.45. The van der Waals surface area contributed by atoms with Crippen LogP contribution in [0, 0.1) is 5.92 Å². The molecule has 6 heteroatoms. The molecule has 172 valence electrons. The van der Waals surface area contributed by atoms with Crippen LogP contribution < -0.4 is 15.0 Å². The summed E-state index contributed by atoms with van der Waals surface area (Å²) < 4.78 is 5.18. The highest BCUT2D eigenvalue weighted by Crippen LogP contribution is 2.36. The fourth-order valence-electron chi connectivity index (χ4n) is 4.14. The molecule has 0 aliphatic carbocycles. The predicted octanol–water partition coefficient (Wildman–Crippen LogP) is 4.72. The molecule has 0 spiro atoms. The first-order valence-corrected chi connectivity index (χ1v) is 11.2. The van der Waals surface area contributed by atoms with E-state index in [0.717, 1.165) is 23.4 Å². The first-order valence-electron chi connectivity index (χ1n) is 11.2. The van der Waals surface area contributed by atoms with E-state index in [-0.39, 0.29) is 29.7 Å². The van der Waals surface area contributed by atoms with Crippen LogP contribution in [0.1, 0.15) is 39.6 Å². The van der Waals surface area contributed by atoms with E-state index in [0.29, 0.717) is 11.1 Å². The Hall–Kier alpha value is -4.19. The summed E-state index contributed by atoms with van der Waals surface area (Å²) in [6.07, 6.45) is 5.08. The first kappa shape index (κ1) is 23.0. The second-order valence-electron chi connectivity index (χ2n) is 8.01. The number of hydrogen-bond donors (Lipinski definition) is 1. The Morgan fingerprint density at radius 2 is 1.44 bits per heavy atom. The van der Waals surface area contributed by atoms with Crippen LogP contribution >= 0.6 is 0 Å². The van der Waals surface area contributed by atoms with Gasteiger partial charge in [-0.15, -0.1) is 0 Å². The molecule has 1 N–H and O–H groups in total. The van der Waals surface area contributed by atoms with E-state index in [2.05, 4.69) is 36.5 Å². The van der Waals surface area contributed by atoms with Gasteiger partial charge in [-0.2, -0.15) is 0 Å². The summed E-state index contributed by atoms with van der Waals surface area (Å²) in [6.45, 7) is 2.07. The number of carbonyl (C=O) groups excluding carboxylic acids is 3. The van der Waals surface area contributed by atoms with Crippen molar-refractivity contribution >= 4 is 29.5 Å². The maximum Gasteiger partial charge on any atom is 0.258 e. The van der Waals surface area contributed by atoms with Gasteiger partial charge in [0.05, 0.1) is 30.2 Å². The molecule has 0 aromatic heterocycles. The minimum atomic E-state index is -0.300. The van der Waals surface area contributed by atoms with E-state index < -0.39 is 0 Å². The lowest BCUT2D eigenvalue weighted by molar-refractivity contribution is -0.129. The van der Waals surface area contributed by atoms with Crippen molar-refractivity contribution < 1.29 is 19.1 Å². The minimum absolute atomic E-state index is 0.0667. The van der Waals surface area contributed by atoms with E-state index in [4.69, 9.17) is 4.74 Å². The summed E-state index contributed by atoms with van der Waals surface area (Å²) in [5.74, 6) is 0.457. The largest absolute Gasteiger partial charge is 0.497 e. The molecule has 0 bridgehead atoms. The number of nitrogens with zero attached hydrogens (tertiary/aromatic N) is 1. The number of imide groups is 1. The molecule has 3 aromatic carbocycles. The van der Waals surface area contributed by atoms with Crippen LogP contribution in [0.25, 0.3) is 6.08 Å². The Morgan fingerprint density at radius 1 is 0.853 bits per heavy atom. The minimum Gasteiger partial charge on any atom is -0.497 e. The molecule has 1 saturated heterocycles. The number of methoxy groups -OCH3 is 1. The smallest absolute Gasteiger partial charge is 0.258 e. The molecular weight excluding hydrogens is 428 g/mol. The van der Waals surface area contributed by atoms with Crippen molar-refractivity contribution in [1.29, 1.82) is 0 Å². The molecule has 3 aromatic rings. The highest BCUT2D eigenvalue weighted by Gasteiger charge is 2.45. The van der Waals surface area contributed by atoms with Crippen molar-refractivity contribution in [1.82, 2.24) is 5.32 Å². The molecule has 0 unspecified atom stereocenters. The number of rotatable bonds is 5. The third-order valence-corrected chi connectivity index (χ3v) is 5.98. The van der Waals surface area contributed by atoms with Gasteiger partial charge in [-0.3, -0.25) is 19.7 Å². The van der Waals surface area contributed by atoms with Crippen LogP contribution in [0.2, 0.25) is 0 Å². The van der Waals surface area contributed by atoms with Crippen LogP contribution in [0.15, 0.2) is 84.9 Å². The standard InChI is InChI=1S/C20H21NO2.C8H5NO2/c1-3-18-19(14-9-15-7-5-4-6-8-15)21(20(18)22)16-10-12-17(23-2)13-11-16;10-7-5-3-1-2-4-6(5)8(11)9-7/h4-14,18-19H,3H2,1-2H3;1-4H,(H,9,10,11)/b14-9+;/t18-,19+;/m0./s1. The number of carbonyl (C=O) groups is 3. The predicted molar refractivity (Wildman–Crippen MR) is 132 cm³/mol. The summed E-state index contributed by atoms with van der Waals surface area (Å²) in [7, 11) is 1.64. The Morgan fingerprint density at radius 3 is 2.00 bits per heavy atom. The van der Waals surface area contributed by atoms with Crippen LogP contribution in [0.5, 0.6) is 5.75 Å². The van der Waals surface area contributed by atoms with Gasteiger partial charge in [-0.25, -0.2) is 0 Å². The highest BCUT2D eigenvalue weighted by molar-refractivity contribution is 6.21. The van der Waals surface area contributed by atoms with Crippen molar-refractivity contribution in [3.05, 3.63) is 102 Å². The third-order valence-electron chi connectivity index (χ3n) is 5.98. The average molecular weight is 455 g/mol. The van der Waals surface area contributed by atoms with Crippen molar-refractivity contribution in [2.24, 2.45) is 5.92 Å². The van der Waals surface area contributed by atoms with Crippen LogP contribution in [-0.2, 0) is 4.79 Å². The van der Waals surface area contributed by atoms with Crippen LogP contribution in [0.3, 0.4) is 0 Å². The fourth-order valence-corrected chi connectivity index (χ4v) is 4.14. The van der Waals surface area contributed by atoms with Crippen LogP contribution in [-0.4, -0.2) is 30.9 Å². The Bertz CT molecular complexity index is 1190. The van der Waals surface area contributed by atoms with Crippen molar-refractivity contribution in [2.75, 3.05) is 12.0 Å². The summed E-state index contributed by atoms with van der Waals surface area (Å²) in [5, 5.41) is 2.20. The number of β-lactam (4-membered cyclic amide) rings is 1. The zero-order valence-electron chi connectivity index (χ0n) is 19.1. The molecular formula is C28H26N2O4. The number of anilines is 1. The lowest BCUT2D eigenvalue weighted by Crippen LogP contribution is -2.60. The third kappa shape index (κ3) is 4.62. The molecule has 3 amide bonds. The number of hydrogen-bond acceptors (Lipinski definition) is 4. The van der Waals surface area contributed by atoms with Gasteiger partial charge in [0.2, 0.25) is 5.91 Å². The summed E-state index contributed by atoms with van der Waals surface area (Å²) in [6, 6.07) is 24.7. The molecule has 0 radical (unpaired) electrons. The molecule has 0 saturated carbocycles. The van der Waals surface area contributed by atoms with Gasteiger partial charge in [-0.1, -0.05) is 61.5 Å². The molecule has 6 nitrogen and oxygen atoms in total. The monoisotopic (exact) mass is 454 g/mol. The van der Waals surface area contributed by atoms with E-state index in [1.165, 1.54) is 0 Å². The van der Waals surface area contributed by atoms with Crippen molar-refractivity contribution in [3.8, 4) is 5.75 Å². The lowest BCUT2D eigenvalue weighted by atomic mass is 9.84. The molecule has 1 fully saturated rings. The first-order chi connectivity index (χ1) is 16.5. The molecule has 34 heavy (non-hydrogen) atoms. The van der Waals surface area contributed by atoms with E-state index in [1.807, 2.05) is 47.4 Å². The second kappa shape index (κ2) is 10.2. The highest BCUT2D eigenvalue weighted by atomic mass is 16.5. The van der Waals surface area contributed by atoms with Crippen molar-refractivity contribution in [2.45, 2.75) is 19.4 Å². The van der Waals surface area contributed by atoms with Gasteiger partial charge < -0.3 is 9.64 Å². The Labute approximate surface area is 198 Å². The van der Waals surface area contributed by atoms with Crippen molar-refractivity contribution in [3.63, 3.8) is 0 Å². The van der Waals surface area contributed by atoms with Gasteiger partial charge in [-0.05, 0) is 48.4 Å². The van der Waals surface area contributed by atoms with E-state index in [9.17, 15) is 14.4 Å². The maximum atomic E-state index is 12.4. The number of benzene rings is 3. The number of amides is 3. The normalized spacial score (nSPS) is 18.6. The SMILES string of the molecule is CC[C@@H]1C(=O)N(c2ccc(OC)cc2)[C@@H]1/C=C/c1ccccc1.O=C1NC(=O)c2ccccc21. The summed E-state index contributed by atoms with van der Waals surface area (Å²) in [5.41, 5.74) is 3.01. The zero-order chi connectivity index (χ0) is 24.1. The fraction of sp³-hybridized carbons (Fsp3) is 0.179. The topological polar surface area (TPSA) is 75.7 Å². The average Bonchev–Trinajstić information content (AvgIpc) is 3.17. The molecule has 2 heterocycles. The second-order valence-corrected chi connectivity index (χ2v) is 8.01. The Kier molecular flexibility index (Phi) is 6.87. The number of fused-ring (bicyclic) bond motifs is 1. The van der Waals surface area contributed by atoms with Gasteiger partial charge in [0.15, 0.2) is 0 Å². The van der Waals surface area contributed by atoms with Gasteiger partial charge in [0, 0.05) is 5.69 Å². The van der Waals surface area contributed by atoms with E-state index in [1.54, 1.807) is 31.4 Å². The summed E-state index contributed by atoms with van der Waals surface area (Å²) >= 11 is 0. The zero-order valence-corrected chi connectivity index (χ0v) is 19.1. The molecule has 2 atom stereocenters. The molecule has 2 aliphatic rings. The maximum absolute atomic E-state index is 12.4. The van der Waals surface area contributed by atoms with E-state index >= 15 is 0 Å². The number of ether oxygens (including phenoxy) is 1.